The van der Waals surface area contributed by atoms with E-state index in [1.807, 2.05) is 37.3 Å². The van der Waals surface area contributed by atoms with Crippen LogP contribution in [0.1, 0.15) is 5.69 Å². The molecule has 1 heterocycles. The summed E-state index contributed by atoms with van der Waals surface area (Å²) in [6.45, 7) is 2.49. The number of hydrogen-bond acceptors (Lipinski definition) is 3. The van der Waals surface area contributed by atoms with Crippen LogP contribution in [-0.2, 0) is 4.79 Å². The van der Waals surface area contributed by atoms with E-state index in [0.717, 1.165) is 16.6 Å². The Morgan fingerprint density at radius 1 is 1.37 bits per heavy atom. The lowest BCUT2D eigenvalue weighted by Crippen LogP contribution is -2.28. The van der Waals surface area contributed by atoms with E-state index in [2.05, 4.69) is 21.5 Å². The number of benzene rings is 1. The van der Waals surface area contributed by atoms with Gasteiger partial charge in [-0.15, -0.1) is 6.42 Å². The van der Waals surface area contributed by atoms with Gasteiger partial charge in [0.2, 0.25) is 5.91 Å². The molecule has 1 amide bonds. The van der Waals surface area contributed by atoms with Crippen molar-refractivity contribution in [3.8, 4) is 12.3 Å². The zero-order chi connectivity index (χ0) is 13.7. The summed E-state index contributed by atoms with van der Waals surface area (Å²) in [7, 11) is 0. The SMILES string of the molecule is C#CCNCC(=O)Nc1cccc2ccc(C)nc12. The van der Waals surface area contributed by atoms with E-state index in [1.54, 1.807) is 0 Å². The van der Waals surface area contributed by atoms with Crippen molar-refractivity contribution in [1.82, 2.24) is 10.3 Å². The van der Waals surface area contributed by atoms with Crippen LogP contribution >= 0.6 is 0 Å². The number of terminal acetylenes is 1. The number of rotatable bonds is 4. The third-order valence-corrected chi connectivity index (χ3v) is 2.65. The van der Waals surface area contributed by atoms with E-state index >= 15 is 0 Å². The number of para-hydroxylation sites is 1. The predicted octanol–water partition coefficient (Wildman–Crippen LogP) is 1.70. The van der Waals surface area contributed by atoms with Crippen molar-refractivity contribution >= 4 is 22.5 Å². The smallest absolute Gasteiger partial charge is 0.238 e. The Morgan fingerprint density at radius 3 is 3.00 bits per heavy atom. The van der Waals surface area contributed by atoms with Gasteiger partial charge in [-0.1, -0.05) is 24.1 Å². The first kappa shape index (κ1) is 13.1. The average molecular weight is 253 g/mol. The number of anilines is 1. The van der Waals surface area contributed by atoms with E-state index in [-0.39, 0.29) is 12.5 Å². The highest BCUT2D eigenvalue weighted by atomic mass is 16.1. The lowest BCUT2D eigenvalue weighted by molar-refractivity contribution is -0.115. The topological polar surface area (TPSA) is 54.0 Å². The maximum Gasteiger partial charge on any atom is 0.238 e. The zero-order valence-electron chi connectivity index (χ0n) is 10.7. The number of carbonyl (C=O) groups is 1. The number of fused-ring (bicyclic) bond motifs is 1. The van der Waals surface area contributed by atoms with Crippen LogP contribution in [0.2, 0.25) is 0 Å². The molecule has 4 nitrogen and oxygen atoms in total. The molecule has 96 valence electrons. The molecule has 0 aliphatic carbocycles. The van der Waals surface area contributed by atoms with Gasteiger partial charge in [-0.2, -0.15) is 0 Å². The van der Waals surface area contributed by atoms with Crippen LogP contribution in [0.5, 0.6) is 0 Å². The number of amides is 1. The standard InChI is InChI=1S/C15H15N3O/c1-3-9-16-10-14(19)18-13-6-4-5-12-8-7-11(2)17-15(12)13/h1,4-8,16H,9-10H2,2H3,(H,18,19). The lowest BCUT2D eigenvalue weighted by Gasteiger charge is -2.08. The summed E-state index contributed by atoms with van der Waals surface area (Å²) in [4.78, 5) is 16.2. The molecule has 4 heteroatoms. The van der Waals surface area contributed by atoms with Gasteiger partial charge < -0.3 is 5.32 Å². The summed E-state index contributed by atoms with van der Waals surface area (Å²) in [6, 6.07) is 9.64. The van der Waals surface area contributed by atoms with Crippen LogP contribution in [-0.4, -0.2) is 24.0 Å². The fourth-order valence-corrected chi connectivity index (χ4v) is 1.79. The summed E-state index contributed by atoms with van der Waals surface area (Å²) >= 11 is 0. The van der Waals surface area contributed by atoms with E-state index in [4.69, 9.17) is 6.42 Å². The van der Waals surface area contributed by atoms with Gasteiger partial charge in [-0.3, -0.25) is 15.1 Å². The van der Waals surface area contributed by atoms with Gasteiger partial charge in [0.25, 0.3) is 0 Å². The van der Waals surface area contributed by atoms with Crippen LogP contribution < -0.4 is 10.6 Å². The summed E-state index contributed by atoms with van der Waals surface area (Å²) in [5, 5.41) is 6.68. The highest BCUT2D eigenvalue weighted by Gasteiger charge is 2.06. The minimum Gasteiger partial charge on any atom is -0.323 e. The van der Waals surface area contributed by atoms with Crippen molar-refractivity contribution in [2.75, 3.05) is 18.4 Å². The summed E-state index contributed by atoms with van der Waals surface area (Å²) in [5.41, 5.74) is 2.43. The fraction of sp³-hybridized carbons (Fsp3) is 0.200. The van der Waals surface area contributed by atoms with Crippen molar-refractivity contribution in [2.45, 2.75) is 6.92 Å². The monoisotopic (exact) mass is 253 g/mol. The van der Waals surface area contributed by atoms with E-state index < -0.39 is 0 Å². The molecule has 2 aromatic rings. The minimum absolute atomic E-state index is 0.133. The molecule has 2 rings (SSSR count). The molecule has 0 bridgehead atoms. The minimum atomic E-state index is -0.133. The summed E-state index contributed by atoms with van der Waals surface area (Å²) in [5.74, 6) is 2.29. The molecule has 0 fully saturated rings. The first-order valence-corrected chi connectivity index (χ1v) is 6.01. The van der Waals surface area contributed by atoms with Gasteiger partial charge in [0.1, 0.15) is 0 Å². The largest absolute Gasteiger partial charge is 0.323 e. The molecule has 0 aliphatic rings. The average Bonchev–Trinajstić information content (AvgIpc) is 2.40. The number of nitrogens with one attached hydrogen (secondary N) is 2. The van der Waals surface area contributed by atoms with Crippen LogP contribution in [0.25, 0.3) is 10.9 Å². The molecule has 0 radical (unpaired) electrons. The van der Waals surface area contributed by atoms with Crippen LogP contribution in [0.15, 0.2) is 30.3 Å². The second-order valence-electron chi connectivity index (χ2n) is 4.19. The van der Waals surface area contributed by atoms with Crippen LogP contribution in [0.4, 0.5) is 5.69 Å². The maximum atomic E-state index is 11.7. The third kappa shape index (κ3) is 3.30. The number of carbonyl (C=O) groups excluding carboxylic acids is 1. The molecule has 1 aromatic heterocycles. The fourth-order valence-electron chi connectivity index (χ4n) is 1.79. The lowest BCUT2D eigenvalue weighted by atomic mass is 10.1. The van der Waals surface area contributed by atoms with Crippen molar-refractivity contribution in [3.05, 3.63) is 36.0 Å². The van der Waals surface area contributed by atoms with Gasteiger partial charge in [0.05, 0.1) is 24.3 Å². The Balaban J connectivity index is 2.18. The molecule has 0 aliphatic heterocycles. The number of hydrogen-bond donors (Lipinski definition) is 2. The quantitative estimate of drug-likeness (QED) is 0.644. The van der Waals surface area contributed by atoms with Crippen LogP contribution in [0.3, 0.4) is 0 Å². The number of aromatic nitrogens is 1. The highest BCUT2D eigenvalue weighted by molar-refractivity contribution is 6.00. The van der Waals surface area contributed by atoms with Crippen LogP contribution in [0, 0.1) is 19.3 Å². The zero-order valence-corrected chi connectivity index (χ0v) is 10.7. The second-order valence-corrected chi connectivity index (χ2v) is 4.19. The Hall–Kier alpha value is -2.38. The Bertz CT molecular complexity index is 643. The highest BCUT2D eigenvalue weighted by Crippen LogP contribution is 2.21. The number of pyridine rings is 1. The Morgan fingerprint density at radius 2 is 2.21 bits per heavy atom. The molecule has 0 unspecified atom stereocenters. The normalized spacial score (nSPS) is 10.1. The number of nitrogens with zero attached hydrogens (tertiary/aromatic N) is 1. The second kappa shape index (κ2) is 5.98. The Labute approximate surface area is 112 Å². The molecule has 0 saturated heterocycles. The van der Waals surface area contributed by atoms with Gasteiger partial charge in [0, 0.05) is 11.1 Å². The van der Waals surface area contributed by atoms with E-state index in [1.165, 1.54) is 0 Å². The van der Waals surface area contributed by atoms with Gasteiger partial charge in [0.15, 0.2) is 0 Å². The molecule has 0 atom stereocenters. The van der Waals surface area contributed by atoms with Gasteiger partial charge in [-0.25, -0.2) is 0 Å². The molecule has 19 heavy (non-hydrogen) atoms. The Kier molecular flexibility index (Phi) is 4.11. The molecule has 2 N–H and O–H groups in total. The van der Waals surface area contributed by atoms with Gasteiger partial charge >= 0.3 is 0 Å². The first-order chi connectivity index (χ1) is 9.20. The molecule has 0 saturated carbocycles. The summed E-state index contributed by atoms with van der Waals surface area (Å²) in [6.07, 6.45) is 5.10. The van der Waals surface area contributed by atoms with E-state index in [0.29, 0.717) is 12.2 Å². The molecular weight excluding hydrogens is 238 g/mol. The first-order valence-electron chi connectivity index (χ1n) is 6.01. The molecule has 1 aromatic carbocycles. The third-order valence-electron chi connectivity index (χ3n) is 2.65. The van der Waals surface area contributed by atoms with E-state index in [9.17, 15) is 4.79 Å². The molecular formula is C15H15N3O. The van der Waals surface area contributed by atoms with Crippen molar-refractivity contribution < 1.29 is 4.79 Å². The van der Waals surface area contributed by atoms with Gasteiger partial charge in [-0.05, 0) is 19.1 Å². The molecule has 0 spiro atoms. The van der Waals surface area contributed by atoms with Crippen molar-refractivity contribution in [3.63, 3.8) is 0 Å². The number of aryl methyl sites for hydroxylation is 1. The van der Waals surface area contributed by atoms with Crippen molar-refractivity contribution in [2.24, 2.45) is 0 Å². The van der Waals surface area contributed by atoms with Crippen molar-refractivity contribution in [1.29, 1.82) is 0 Å². The summed E-state index contributed by atoms with van der Waals surface area (Å²) < 4.78 is 0. The predicted molar refractivity (Wildman–Crippen MR) is 76.8 cm³/mol. The maximum absolute atomic E-state index is 11.7.